The lowest BCUT2D eigenvalue weighted by Crippen LogP contribution is -2.21. The highest BCUT2D eigenvalue weighted by Crippen LogP contribution is 2.28. The van der Waals surface area contributed by atoms with Crippen molar-refractivity contribution in [1.82, 2.24) is 24.8 Å². The predicted molar refractivity (Wildman–Crippen MR) is 115 cm³/mol. The molecule has 1 amide bonds. The topological polar surface area (TPSA) is 121 Å². The first-order chi connectivity index (χ1) is 13.9. The van der Waals surface area contributed by atoms with Crippen LogP contribution in [0.25, 0.3) is 11.2 Å². The van der Waals surface area contributed by atoms with Gasteiger partial charge in [0.2, 0.25) is 11.9 Å². The molecule has 0 saturated heterocycles. The van der Waals surface area contributed by atoms with Crippen LogP contribution in [0.2, 0.25) is 0 Å². The summed E-state index contributed by atoms with van der Waals surface area (Å²) in [5, 5.41) is 18.1. The maximum absolute atomic E-state index is 11.5. The monoisotopic (exact) mass is 456 g/mol. The van der Waals surface area contributed by atoms with Crippen molar-refractivity contribution < 1.29 is 4.79 Å². The van der Waals surface area contributed by atoms with E-state index in [1.54, 1.807) is 25.5 Å². The summed E-state index contributed by atoms with van der Waals surface area (Å²) < 4.78 is 2.73. The minimum absolute atomic E-state index is 0.0673. The largest absolute Gasteiger partial charge is 0.359 e. The van der Waals surface area contributed by atoms with Gasteiger partial charge in [-0.1, -0.05) is 15.9 Å². The van der Waals surface area contributed by atoms with Gasteiger partial charge in [-0.2, -0.15) is 15.2 Å². The zero-order valence-electron chi connectivity index (χ0n) is 16.3. The highest BCUT2D eigenvalue weighted by molar-refractivity contribution is 9.10. The lowest BCUT2D eigenvalue weighted by Gasteiger charge is -2.12. The van der Waals surface area contributed by atoms with Gasteiger partial charge in [0.05, 0.1) is 18.0 Å². The SMILES string of the molecule is CNC(=O)CCNc1nc(Nc2cc(Br)cc(C#N)c2)c2ncn(C(C)C)c2n1. The van der Waals surface area contributed by atoms with E-state index in [0.29, 0.717) is 47.1 Å². The first-order valence-corrected chi connectivity index (χ1v) is 9.87. The number of carbonyl (C=O) groups excluding carboxylic acids is 1. The van der Waals surface area contributed by atoms with Gasteiger partial charge >= 0.3 is 0 Å². The van der Waals surface area contributed by atoms with Crippen molar-refractivity contribution in [2.75, 3.05) is 24.2 Å². The summed E-state index contributed by atoms with van der Waals surface area (Å²) in [6, 6.07) is 7.62. The van der Waals surface area contributed by atoms with Crippen molar-refractivity contribution in [2.45, 2.75) is 26.3 Å². The van der Waals surface area contributed by atoms with Gasteiger partial charge in [0.25, 0.3) is 0 Å². The molecule has 0 spiro atoms. The van der Waals surface area contributed by atoms with E-state index < -0.39 is 0 Å². The molecule has 3 rings (SSSR count). The smallest absolute Gasteiger partial charge is 0.226 e. The van der Waals surface area contributed by atoms with Crippen LogP contribution in [0.1, 0.15) is 31.9 Å². The van der Waals surface area contributed by atoms with Crippen LogP contribution in [0, 0.1) is 11.3 Å². The van der Waals surface area contributed by atoms with Gasteiger partial charge in [-0.25, -0.2) is 4.98 Å². The highest BCUT2D eigenvalue weighted by Gasteiger charge is 2.15. The summed E-state index contributed by atoms with van der Waals surface area (Å²) in [6.45, 7) is 4.49. The molecule has 0 aliphatic carbocycles. The van der Waals surface area contributed by atoms with Crippen LogP contribution in [-0.4, -0.2) is 39.0 Å². The van der Waals surface area contributed by atoms with Crippen LogP contribution in [0.15, 0.2) is 29.0 Å². The average Bonchev–Trinajstić information content (AvgIpc) is 3.12. The Hall–Kier alpha value is -3.19. The fraction of sp³-hybridized carbons (Fsp3) is 0.316. The van der Waals surface area contributed by atoms with Crippen molar-refractivity contribution >= 4 is 50.5 Å². The Morgan fingerprint density at radius 1 is 1.31 bits per heavy atom. The van der Waals surface area contributed by atoms with Gasteiger partial charge in [0.15, 0.2) is 17.0 Å². The molecule has 0 radical (unpaired) electrons. The van der Waals surface area contributed by atoms with Crippen molar-refractivity contribution in [2.24, 2.45) is 0 Å². The predicted octanol–water partition coefficient (Wildman–Crippen LogP) is 3.33. The Kier molecular flexibility index (Phi) is 6.29. The maximum atomic E-state index is 11.5. The van der Waals surface area contributed by atoms with E-state index in [2.05, 4.69) is 52.9 Å². The minimum Gasteiger partial charge on any atom is -0.359 e. The van der Waals surface area contributed by atoms with E-state index in [1.807, 2.05) is 24.5 Å². The third-order valence-corrected chi connectivity index (χ3v) is 4.64. The summed E-state index contributed by atoms with van der Waals surface area (Å²) in [6.07, 6.45) is 2.03. The van der Waals surface area contributed by atoms with Crippen LogP contribution in [0.3, 0.4) is 0 Å². The number of anilines is 3. The molecule has 150 valence electrons. The summed E-state index contributed by atoms with van der Waals surface area (Å²) in [5.74, 6) is 0.836. The molecule has 0 atom stereocenters. The number of aromatic nitrogens is 4. The molecule has 3 aromatic rings. The van der Waals surface area contributed by atoms with Gasteiger partial charge in [0.1, 0.15) is 0 Å². The van der Waals surface area contributed by atoms with Crippen LogP contribution in [0.4, 0.5) is 17.5 Å². The fourth-order valence-electron chi connectivity index (χ4n) is 2.74. The molecule has 10 heteroatoms. The molecule has 1 aromatic carbocycles. The quantitative estimate of drug-likeness (QED) is 0.498. The average molecular weight is 457 g/mol. The first-order valence-electron chi connectivity index (χ1n) is 9.08. The number of fused-ring (bicyclic) bond motifs is 1. The number of nitrogens with one attached hydrogen (secondary N) is 3. The summed E-state index contributed by atoms with van der Waals surface area (Å²) >= 11 is 3.42. The molecule has 3 N–H and O–H groups in total. The number of benzene rings is 1. The standard InChI is InChI=1S/C19H21BrN8O/c1-11(2)28-10-24-16-17(25-14-7-12(9-21)6-13(20)8-14)26-19(27-18(16)28)23-5-4-15(29)22-3/h6-8,10-11H,4-5H2,1-3H3,(H,22,29)(H2,23,25,26,27). The number of nitrogens with zero attached hydrogens (tertiary/aromatic N) is 5. The lowest BCUT2D eigenvalue weighted by atomic mass is 10.2. The normalized spacial score (nSPS) is 10.8. The Bertz CT molecular complexity index is 1090. The molecule has 0 aliphatic heterocycles. The fourth-order valence-corrected chi connectivity index (χ4v) is 3.23. The van der Waals surface area contributed by atoms with Crippen molar-refractivity contribution in [1.29, 1.82) is 5.26 Å². The molecular weight excluding hydrogens is 436 g/mol. The molecule has 9 nitrogen and oxygen atoms in total. The Morgan fingerprint density at radius 2 is 2.10 bits per heavy atom. The second-order valence-electron chi connectivity index (χ2n) is 6.63. The second kappa shape index (κ2) is 8.87. The molecule has 2 heterocycles. The number of carbonyl (C=O) groups is 1. The minimum atomic E-state index is -0.0673. The molecule has 2 aromatic heterocycles. The van der Waals surface area contributed by atoms with E-state index in [-0.39, 0.29) is 11.9 Å². The number of nitriles is 1. The number of hydrogen-bond acceptors (Lipinski definition) is 7. The highest BCUT2D eigenvalue weighted by atomic mass is 79.9. The van der Waals surface area contributed by atoms with E-state index in [0.717, 1.165) is 4.47 Å². The van der Waals surface area contributed by atoms with Gasteiger partial charge in [-0.05, 0) is 32.0 Å². The Morgan fingerprint density at radius 3 is 2.79 bits per heavy atom. The summed E-state index contributed by atoms with van der Waals surface area (Å²) in [5.41, 5.74) is 2.51. The lowest BCUT2D eigenvalue weighted by molar-refractivity contribution is -0.120. The zero-order valence-corrected chi connectivity index (χ0v) is 17.9. The van der Waals surface area contributed by atoms with Gasteiger partial charge in [0, 0.05) is 36.2 Å². The Labute approximate surface area is 176 Å². The van der Waals surface area contributed by atoms with Gasteiger partial charge in [-0.3, -0.25) is 4.79 Å². The number of amides is 1. The summed E-state index contributed by atoms with van der Waals surface area (Å²) in [4.78, 5) is 25.1. The third-order valence-electron chi connectivity index (χ3n) is 4.18. The summed E-state index contributed by atoms with van der Waals surface area (Å²) in [7, 11) is 1.60. The van der Waals surface area contributed by atoms with Crippen molar-refractivity contribution in [3.8, 4) is 6.07 Å². The van der Waals surface area contributed by atoms with Crippen LogP contribution < -0.4 is 16.0 Å². The first kappa shape index (κ1) is 20.5. The molecule has 0 bridgehead atoms. The molecular formula is C19H21BrN8O. The van der Waals surface area contributed by atoms with Crippen molar-refractivity contribution in [3.63, 3.8) is 0 Å². The molecule has 29 heavy (non-hydrogen) atoms. The molecule has 0 unspecified atom stereocenters. The third kappa shape index (κ3) is 4.81. The van der Waals surface area contributed by atoms with Gasteiger partial charge < -0.3 is 20.5 Å². The second-order valence-corrected chi connectivity index (χ2v) is 7.54. The number of rotatable bonds is 7. The van der Waals surface area contributed by atoms with Crippen LogP contribution >= 0.6 is 15.9 Å². The van der Waals surface area contributed by atoms with Crippen LogP contribution in [-0.2, 0) is 4.79 Å². The number of hydrogen-bond donors (Lipinski definition) is 3. The molecule has 0 aliphatic rings. The van der Waals surface area contributed by atoms with E-state index in [9.17, 15) is 10.1 Å². The Balaban J connectivity index is 1.99. The van der Waals surface area contributed by atoms with E-state index in [4.69, 9.17) is 0 Å². The van der Waals surface area contributed by atoms with Gasteiger partial charge in [-0.15, -0.1) is 0 Å². The van der Waals surface area contributed by atoms with E-state index >= 15 is 0 Å². The molecule has 0 saturated carbocycles. The van der Waals surface area contributed by atoms with Crippen molar-refractivity contribution in [3.05, 3.63) is 34.6 Å². The van der Waals surface area contributed by atoms with Crippen LogP contribution in [0.5, 0.6) is 0 Å². The maximum Gasteiger partial charge on any atom is 0.226 e. The molecule has 0 fully saturated rings. The number of imidazole rings is 1. The number of halogens is 1. The van der Waals surface area contributed by atoms with E-state index in [1.165, 1.54) is 0 Å². The zero-order chi connectivity index (χ0) is 21.0.